The number of thiophene rings is 1. The van der Waals surface area contributed by atoms with Crippen LogP contribution in [0.4, 0.5) is 0 Å². The number of benzene rings is 1. The zero-order valence-corrected chi connectivity index (χ0v) is 23.7. The fraction of sp³-hybridized carbons (Fsp3) is 0.567. The first-order chi connectivity index (χ1) is 18.5. The first-order valence-corrected chi connectivity index (χ1v) is 15.0. The largest absolute Gasteiger partial charge is 0.464 e. The van der Waals surface area contributed by atoms with Gasteiger partial charge in [-0.15, -0.1) is 11.3 Å². The zero-order valence-electron chi connectivity index (χ0n) is 22.9. The second kappa shape index (κ2) is 16.3. The van der Waals surface area contributed by atoms with Gasteiger partial charge in [0.15, 0.2) is 0 Å². The number of esters is 1. The molecule has 1 unspecified atom stereocenters. The molecular formula is C30H43N3O4S. The Labute approximate surface area is 231 Å². The Morgan fingerprint density at radius 3 is 2.47 bits per heavy atom. The number of carbonyl (C=O) groups is 3. The maximum Gasteiger partial charge on any atom is 0.328 e. The zero-order chi connectivity index (χ0) is 27.2. The third kappa shape index (κ3) is 9.55. The standard InChI is InChI=1S/C30H43N3O4S/c1-3-5-6-10-21-37-30(36)26(31-29(35)27-14-11-22-38-27)15-16-28(34)33(4-2)25-17-19-32(20-18-25)23-24-12-8-7-9-13-24/h7-9,11-14,22,25-26H,3-6,10,15-21,23H2,1-2H3,(H,31,35). The molecule has 2 amide bonds. The van der Waals surface area contributed by atoms with E-state index < -0.39 is 12.0 Å². The summed E-state index contributed by atoms with van der Waals surface area (Å²) in [6.45, 7) is 7.94. The van der Waals surface area contributed by atoms with E-state index in [0.29, 0.717) is 18.0 Å². The molecule has 0 bridgehead atoms. The fourth-order valence-electron chi connectivity index (χ4n) is 4.97. The molecular weight excluding hydrogens is 498 g/mol. The monoisotopic (exact) mass is 541 g/mol. The third-order valence-electron chi connectivity index (χ3n) is 7.13. The number of amides is 2. The van der Waals surface area contributed by atoms with Crippen molar-refractivity contribution < 1.29 is 19.1 Å². The number of hydrogen-bond acceptors (Lipinski definition) is 6. The van der Waals surface area contributed by atoms with Crippen molar-refractivity contribution in [3.8, 4) is 0 Å². The predicted octanol–water partition coefficient (Wildman–Crippen LogP) is 5.26. The molecule has 1 aliphatic rings. The highest BCUT2D eigenvalue weighted by Crippen LogP contribution is 2.20. The van der Waals surface area contributed by atoms with E-state index in [0.717, 1.165) is 58.2 Å². The molecule has 2 heterocycles. The molecule has 0 radical (unpaired) electrons. The van der Waals surface area contributed by atoms with Gasteiger partial charge in [-0.3, -0.25) is 14.5 Å². The summed E-state index contributed by atoms with van der Waals surface area (Å²) in [4.78, 5) is 43.7. The van der Waals surface area contributed by atoms with Crippen LogP contribution >= 0.6 is 11.3 Å². The maximum atomic E-state index is 13.3. The van der Waals surface area contributed by atoms with E-state index in [4.69, 9.17) is 4.74 Å². The van der Waals surface area contributed by atoms with Gasteiger partial charge in [0.25, 0.3) is 5.91 Å². The van der Waals surface area contributed by atoms with Crippen molar-refractivity contribution in [2.24, 2.45) is 0 Å². The SMILES string of the molecule is CCCCCCOC(=O)C(CCC(=O)N(CC)C1CCN(Cc2ccccc2)CC1)NC(=O)c1cccs1. The number of hydrogen-bond donors (Lipinski definition) is 1. The molecule has 0 saturated carbocycles. The first kappa shape index (κ1) is 29.8. The average Bonchev–Trinajstić information content (AvgIpc) is 3.48. The van der Waals surface area contributed by atoms with E-state index in [1.165, 1.54) is 16.9 Å². The van der Waals surface area contributed by atoms with Crippen LogP contribution in [0.2, 0.25) is 0 Å². The predicted molar refractivity (Wildman–Crippen MR) is 152 cm³/mol. The van der Waals surface area contributed by atoms with Gasteiger partial charge in [0.2, 0.25) is 5.91 Å². The van der Waals surface area contributed by atoms with E-state index in [2.05, 4.69) is 41.4 Å². The summed E-state index contributed by atoms with van der Waals surface area (Å²) in [7, 11) is 0. The van der Waals surface area contributed by atoms with Crippen LogP contribution in [0.25, 0.3) is 0 Å². The Kier molecular flexibility index (Phi) is 12.8. The number of unbranched alkanes of at least 4 members (excludes halogenated alkanes) is 3. The molecule has 1 fully saturated rings. The van der Waals surface area contributed by atoms with Crippen LogP contribution in [-0.4, -0.2) is 65.9 Å². The van der Waals surface area contributed by atoms with Gasteiger partial charge >= 0.3 is 5.97 Å². The molecule has 1 aromatic heterocycles. The summed E-state index contributed by atoms with van der Waals surface area (Å²) in [5.74, 6) is -0.741. The van der Waals surface area contributed by atoms with E-state index >= 15 is 0 Å². The molecule has 1 saturated heterocycles. The van der Waals surface area contributed by atoms with Gasteiger partial charge in [0.1, 0.15) is 6.04 Å². The van der Waals surface area contributed by atoms with Gasteiger partial charge < -0.3 is 15.0 Å². The van der Waals surface area contributed by atoms with Crippen LogP contribution in [0.1, 0.15) is 80.4 Å². The number of rotatable bonds is 15. The van der Waals surface area contributed by atoms with Gasteiger partial charge in [-0.25, -0.2) is 4.79 Å². The van der Waals surface area contributed by atoms with Crippen molar-refractivity contribution >= 4 is 29.1 Å². The Balaban J connectivity index is 1.52. The Morgan fingerprint density at radius 2 is 1.82 bits per heavy atom. The van der Waals surface area contributed by atoms with E-state index in [1.54, 1.807) is 12.1 Å². The maximum absolute atomic E-state index is 13.3. The number of ether oxygens (including phenoxy) is 1. The molecule has 38 heavy (non-hydrogen) atoms. The number of nitrogens with zero attached hydrogens (tertiary/aromatic N) is 2. The summed E-state index contributed by atoms with van der Waals surface area (Å²) in [5.41, 5.74) is 1.31. The lowest BCUT2D eigenvalue weighted by Gasteiger charge is -2.38. The molecule has 3 rings (SSSR count). The van der Waals surface area contributed by atoms with Crippen molar-refractivity contribution in [3.63, 3.8) is 0 Å². The van der Waals surface area contributed by atoms with Crippen molar-refractivity contribution in [1.82, 2.24) is 15.1 Å². The smallest absolute Gasteiger partial charge is 0.328 e. The van der Waals surface area contributed by atoms with Crippen LogP contribution < -0.4 is 5.32 Å². The first-order valence-electron chi connectivity index (χ1n) is 14.1. The lowest BCUT2D eigenvalue weighted by atomic mass is 10.0. The van der Waals surface area contributed by atoms with Gasteiger partial charge in [0, 0.05) is 38.6 Å². The topological polar surface area (TPSA) is 79.0 Å². The van der Waals surface area contributed by atoms with Crippen molar-refractivity contribution in [3.05, 3.63) is 58.3 Å². The molecule has 1 N–H and O–H groups in total. The van der Waals surface area contributed by atoms with E-state index in [9.17, 15) is 14.4 Å². The minimum absolute atomic E-state index is 0.0279. The van der Waals surface area contributed by atoms with Crippen LogP contribution in [0.3, 0.4) is 0 Å². The van der Waals surface area contributed by atoms with Crippen LogP contribution in [0, 0.1) is 0 Å². The quantitative estimate of drug-likeness (QED) is 0.246. The minimum Gasteiger partial charge on any atom is -0.464 e. The lowest BCUT2D eigenvalue weighted by molar-refractivity contribution is -0.146. The van der Waals surface area contributed by atoms with Crippen LogP contribution in [-0.2, 0) is 20.9 Å². The normalized spacial score (nSPS) is 15.1. The number of nitrogens with one attached hydrogen (secondary N) is 1. The molecule has 8 heteroatoms. The Morgan fingerprint density at radius 1 is 1.05 bits per heavy atom. The summed E-state index contributed by atoms with van der Waals surface area (Å²) >= 11 is 1.32. The molecule has 208 valence electrons. The summed E-state index contributed by atoms with van der Waals surface area (Å²) in [6, 6.07) is 13.4. The fourth-order valence-corrected chi connectivity index (χ4v) is 5.60. The van der Waals surface area contributed by atoms with Crippen LogP contribution in [0.15, 0.2) is 47.8 Å². The molecule has 1 aliphatic heterocycles. The molecule has 7 nitrogen and oxygen atoms in total. The van der Waals surface area contributed by atoms with Crippen molar-refractivity contribution in [2.75, 3.05) is 26.2 Å². The van der Waals surface area contributed by atoms with E-state index in [-0.39, 0.29) is 30.7 Å². The third-order valence-corrected chi connectivity index (χ3v) is 8.00. The van der Waals surface area contributed by atoms with Crippen molar-refractivity contribution in [1.29, 1.82) is 0 Å². The highest BCUT2D eigenvalue weighted by molar-refractivity contribution is 7.12. The van der Waals surface area contributed by atoms with Crippen LogP contribution in [0.5, 0.6) is 0 Å². The Hall–Kier alpha value is -2.71. The highest BCUT2D eigenvalue weighted by Gasteiger charge is 2.29. The number of piperidine rings is 1. The summed E-state index contributed by atoms with van der Waals surface area (Å²) < 4.78 is 5.48. The lowest BCUT2D eigenvalue weighted by Crippen LogP contribution is -2.48. The van der Waals surface area contributed by atoms with E-state index in [1.807, 2.05) is 23.3 Å². The highest BCUT2D eigenvalue weighted by atomic mass is 32.1. The molecule has 1 atom stereocenters. The number of carbonyl (C=O) groups excluding carboxylic acids is 3. The van der Waals surface area contributed by atoms with Gasteiger partial charge in [-0.05, 0) is 49.6 Å². The summed E-state index contributed by atoms with van der Waals surface area (Å²) in [6.07, 6.45) is 6.31. The van der Waals surface area contributed by atoms with Crippen molar-refractivity contribution in [2.45, 2.75) is 83.8 Å². The average molecular weight is 542 g/mol. The minimum atomic E-state index is -0.842. The molecule has 0 spiro atoms. The summed E-state index contributed by atoms with van der Waals surface area (Å²) in [5, 5.41) is 4.63. The number of likely N-dealkylation sites (tertiary alicyclic amines) is 1. The second-order valence-corrected chi connectivity index (χ2v) is 10.9. The second-order valence-electron chi connectivity index (χ2n) is 9.94. The van der Waals surface area contributed by atoms with Gasteiger partial charge in [-0.1, -0.05) is 62.6 Å². The molecule has 1 aromatic carbocycles. The van der Waals surface area contributed by atoms with Gasteiger partial charge in [0.05, 0.1) is 11.5 Å². The molecule has 2 aromatic rings. The Bertz CT molecular complexity index is 975. The molecule has 0 aliphatic carbocycles. The van der Waals surface area contributed by atoms with Gasteiger partial charge in [-0.2, -0.15) is 0 Å².